The number of aromatic nitrogens is 2. The van der Waals surface area contributed by atoms with Crippen molar-refractivity contribution in [1.29, 1.82) is 0 Å². The molecule has 8 heteroatoms. The third-order valence-corrected chi connectivity index (χ3v) is 5.15. The lowest BCUT2D eigenvalue weighted by Gasteiger charge is -2.23. The average Bonchev–Trinajstić information content (AvgIpc) is 2.82. The Balaban J connectivity index is 2.12. The van der Waals surface area contributed by atoms with E-state index in [2.05, 4.69) is 27.2 Å². The minimum atomic E-state index is -3.58. The van der Waals surface area contributed by atoms with E-state index in [4.69, 9.17) is 4.74 Å². The molecule has 1 aromatic rings. The van der Waals surface area contributed by atoms with Gasteiger partial charge in [-0.25, -0.2) is 13.1 Å². The van der Waals surface area contributed by atoms with Crippen molar-refractivity contribution in [3.05, 3.63) is 11.4 Å². The molecule has 2 heterocycles. The zero-order valence-corrected chi connectivity index (χ0v) is 13.4. The number of aromatic amines is 1. The van der Waals surface area contributed by atoms with Gasteiger partial charge < -0.3 is 10.1 Å². The fourth-order valence-electron chi connectivity index (χ4n) is 2.44. The van der Waals surface area contributed by atoms with Gasteiger partial charge in [0.25, 0.3) is 0 Å². The molecule has 0 saturated carbocycles. The number of nitrogens with zero attached hydrogens (tertiary/aromatic N) is 1. The van der Waals surface area contributed by atoms with Crippen molar-refractivity contribution in [2.24, 2.45) is 0 Å². The van der Waals surface area contributed by atoms with Gasteiger partial charge in [0, 0.05) is 19.2 Å². The predicted molar refractivity (Wildman–Crippen MR) is 79.5 cm³/mol. The fraction of sp³-hybridized carbons (Fsp3) is 0.769. The summed E-state index contributed by atoms with van der Waals surface area (Å²) in [6, 6.07) is -0.158. The van der Waals surface area contributed by atoms with Gasteiger partial charge in [-0.3, -0.25) is 5.10 Å². The molecule has 21 heavy (non-hydrogen) atoms. The quantitative estimate of drug-likeness (QED) is 0.643. The predicted octanol–water partition coefficient (Wildman–Crippen LogP) is 0.675. The first-order valence-corrected chi connectivity index (χ1v) is 8.87. The van der Waals surface area contributed by atoms with E-state index in [9.17, 15) is 8.42 Å². The molecule has 120 valence electrons. The summed E-state index contributed by atoms with van der Waals surface area (Å²) in [5.74, 6) is 0. The lowest BCUT2D eigenvalue weighted by Crippen LogP contribution is -2.41. The number of rotatable bonds is 7. The van der Waals surface area contributed by atoms with E-state index in [1.54, 1.807) is 6.92 Å². The van der Waals surface area contributed by atoms with Crippen molar-refractivity contribution in [1.82, 2.24) is 20.2 Å². The number of aryl methyl sites for hydroxylation is 1. The molecule has 0 bridgehead atoms. The van der Waals surface area contributed by atoms with E-state index in [1.807, 2.05) is 0 Å². The Morgan fingerprint density at radius 3 is 2.95 bits per heavy atom. The molecule has 1 atom stereocenters. The standard InChI is InChI=1S/C13H24N4O3S/c1-3-6-14-8-12-13(10(2)15-16-12)21(18,19)17-11-5-4-7-20-9-11/h11,14,17H,3-9H2,1-2H3,(H,15,16). The Morgan fingerprint density at radius 2 is 2.29 bits per heavy atom. The molecule has 0 amide bonds. The minimum Gasteiger partial charge on any atom is -0.380 e. The molecule has 1 saturated heterocycles. The highest BCUT2D eigenvalue weighted by Gasteiger charge is 2.27. The molecule has 1 aromatic heterocycles. The number of nitrogens with one attached hydrogen (secondary N) is 3. The van der Waals surface area contributed by atoms with Crippen LogP contribution < -0.4 is 10.0 Å². The topological polar surface area (TPSA) is 96.1 Å². The first kappa shape index (κ1) is 16.4. The van der Waals surface area contributed by atoms with Gasteiger partial charge in [0.05, 0.1) is 18.0 Å². The SMILES string of the molecule is CCCNCc1n[nH]c(C)c1S(=O)(=O)NC1CCCOC1. The van der Waals surface area contributed by atoms with Gasteiger partial charge in [-0.05, 0) is 32.7 Å². The van der Waals surface area contributed by atoms with Gasteiger partial charge in [-0.15, -0.1) is 0 Å². The van der Waals surface area contributed by atoms with Crippen molar-refractivity contribution in [3.8, 4) is 0 Å². The molecule has 1 aliphatic rings. The lowest BCUT2D eigenvalue weighted by molar-refractivity contribution is 0.0774. The third-order valence-electron chi connectivity index (χ3n) is 3.43. The lowest BCUT2D eigenvalue weighted by atomic mass is 10.1. The number of hydrogen-bond donors (Lipinski definition) is 3. The van der Waals surface area contributed by atoms with Crippen LogP contribution in [-0.2, 0) is 21.3 Å². The molecule has 0 aromatic carbocycles. The second kappa shape index (κ2) is 7.35. The highest BCUT2D eigenvalue weighted by Crippen LogP contribution is 2.19. The van der Waals surface area contributed by atoms with E-state index >= 15 is 0 Å². The largest absolute Gasteiger partial charge is 0.380 e. The molecule has 1 unspecified atom stereocenters. The maximum Gasteiger partial charge on any atom is 0.244 e. The maximum absolute atomic E-state index is 12.6. The Hall–Kier alpha value is -0.960. The molecule has 2 rings (SSSR count). The summed E-state index contributed by atoms with van der Waals surface area (Å²) < 4.78 is 33.2. The Kier molecular flexibility index (Phi) is 5.74. The van der Waals surface area contributed by atoms with Gasteiger partial charge >= 0.3 is 0 Å². The summed E-state index contributed by atoms with van der Waals surface area (Å²) in [5, 5.41) is 10.1. The number of H-pyrrole nitrogens is 1. The van der Waals surface area contributed by atoms with Gasteiger partial charge in [-0.1, -0.05) is 6.92 Å². The van der Waals surface area contributed by atoms with Gasteiger partial charge in [0.15, 0.2) is 0 Å². The molecular formula is C13H24N4O3S. The van der Waals surface area contributed by atoms with E-state index in [0.717, 1.165) is 25.8 Å². The van der Waals surface area contributed by atoms with E-state index < -0.39 is 10.0 Å². The van der Waals surface area contributed by atoms with E-state index in [1.165, 1.54) is 0 Å². The summed E-state index contributed by atoms with van der Waals surface area (Å²) in [4.78, 5) is 0.261. The molecule has 7 nitrogen and oxygen atoms in total. The van der Waals surface area contributed by atoms with Crippen molar-refractivity contribution < 1.29 is 13.2 Å². The van der Waals surface area contributed by atoms with Crippen LogP contribution in [0.25, 0.3) is 0 Å². The van der Waals surface area contributed by atoms with Crippen molar-refractivity contribution >= 4 is 10.0 Å². The van der Waals surface area contributed by atoms with Crippen molar-refractivity contribution in [2.75, 3.05) is 19.8 Å². The van der Waals surface area contributed by atoms with Crippen LogP contribution in [0.2, 0.25) is 0 Å². The fourth-order valence-corrected chi connectivity index (χ4v) is 4.06. The molecule has 0 spiro atoms. The Labute approximate surface area is 125 Å². The Bertz CT molecular complexity index is 550. The first-order valence-electron chi connectivity index (χ1n) is 7.39. The Morgan fingerprint density at radius 1 is 1.48 bits per heavy atom. The summed E-state index contributed by atoms with van der Waals surface area (Å²) in [6.45, 7) is 6.19. The third kappa shape index (κ3) is 4.26. The second-order valence-electron chi connectivity index (χ2n) is 5.34. The second-order valence-corrected chi connectivity index (χ2v) is 6.99. The maximum atomic E-state index is 12.6. The molecule has 0 radical (unpaired) electrons. The number of hydrogen-bond acceptors (Lipinski definition) is 5. The van der Waals surface area contributed by atoms with Gasteiger partial charge in [0.1, 0.15) is 4.90 Å². The smallest absolute Gasteiger partial charge is 0.244 e. The van der Waals surface area contributed by atoms with Crippen LogP contribution in [-0.4, -0.2) is 44.4 Å². The van der Waals surface area contributed by atoms with Crippen LogP contribution >= 0.6 is 0 Å². The average molecular weight is 316 g/mol. The first-order chi connectivity index (χ1) is 10.0. The molecule has 1 aliphatic heterocycles. The van der Waals surface area contributed by atoms with Crippen LogP contribution in [0, 0.1) is 6.92 Å². The summed E-state index contributed by atoms with van der Waals surface area (Å²) >= 11 is 0. The van der Waals surface area contributed by atoms with E-state index in [-0.39, 0.29) is 10.9 Å². The normalized spacial score (nSPS) is 19.8. The zero-order valence-electron chi connectivity index (χ0n) is 12.6. The molecule has 1 fully saturated rings. The van der Waals surface area contributed by atoms with E-state index in [0.29, 0.717) is 31.1 Å². The molecule has 0 aliphatic carbocycles. The van der Waals surface area contributed by atoms with Crippen LogP contribution in [0.3, 0.4) is 0 Å². The van der Waals surface area contributed by atoms with Gasteiger partial charge in [0.2, 0.25) is 10.0 Å². The minimum absolute atomic E-state index is 0.158. The van der Waals surface area contributed by atoms with Crippen molar-refractivity contribution in [3.63, 3.8) is 0 Å². The van der Waals surface area contributed by atoms with Crippen LogP contribution in [0.1, 0.15) is 37.6 Å². The van der Waals surface area contributed by atoms with Crippen LogP contribution in [0.5, 0.6) is 0 Å². The van der Waals surface area contributed by atoms with Crippen LogP contribution in [0.4, 0.5) is 0 Å². The summed E-state index contributed by atoms with van der Waals surface area (Å²) in [5.41, 5.74) is 1.10. The summed E-state index contributed by atoms with van der Waals surface area (Å²) in [6.07, 6.45) is 2.67. The highest BCUT2D eigenvalue weighted by atomic mass is 32.2. The van der Waals surface area contributed by atoms with Crippen molar-refractivity contribution in [2.45, 2.75) is 50.6 Å². The van der Waals surface area contributed by atoms with Gasteiger partial charge in [-0.2, -0.15) is 5.10 Å². The van der Waals surface area contributed by atoms with Crippen LogP contribution in [0.15, 0.2) is 4.90 Å². The zero-order chi connectivity index (χ0) is 15.3. The monoisotopic (exact) mass is 316 g/mol. The summed E-state index contributed by atoms with van der Waals surface area (Å²) in [7, 11) is -3.58. The molecular weight excluding hydrogens is 292 g/mol. The molecule has 3 N–H and O–H groups in total. The number of ether oxygens (including phenoxy) is 1. The highest BCUT2D eigenvalue weighted by molar-refractivity contribution is 7.89. The number of sulfonamides is 1.